The van der Waals surface area contributed by atoms with Gasteiger partial charge in [0, 0.05) is 22.5 Å². The van der Waals surface area contributed by atoms with Gasteiger partial charge in [0.2, 0.25) is 0 Å². The lowest BCUT2D eigenvalue weighted by Crippen LogP contribution is -2.16. The minimum Gasteiger partial charge on any atom is -0.310 e. The van der Waals surface area contributed by atoms with Gasteiger partial charge < -0.3 is 4.90 Å². The Bertz CT molecular complexity index is 3270. The molecule has 0 amide bonds. The minimum absolute atomic E-state index is 0.119. The Morgan fingerprint density at radius 1 is 0.383 bits per heavy atom. The Morgan fingerprint density at radius 2 is 0.850 bits per heavy atom. The van der Waals surface area contributed by atoms with E-state index in [4.69, 9.17) is 0 Å². The van der Waals surface area contributed by atoms with Crippen LogP contribution in [-0.4, -0.2) is 0 Å². The fourth-order valence-corrected chi connectivity index (χ4v) is 9.77. The summed E-state index contributed by atoms with van der Waals surface area (Å²) in [6, 6.07) is 76.8. The van der Waals surface area contributed by atoms with Gasteiger partial charge in [0.05, 0.1) is 11.6 Å². The third-order valence-electron chi connectivity index (χ3n) is 12.7. The van der Waals surface area contributed by atoms with Crippen LogP contribution < -0.4 is 4.90 Å². The van der Waals surface area contributed by atoms with E-state index in [1.807, 2.05) is 24.3 Å². The quantitative estimate of drug-likeness (QED) is 0.158. The summed E-state index contributed by atoms with van der Waals surface area (Å²) in [6.07, 6.45) is 0. The number of rotatable bonds is 6. The first-order valence-electron chi connectivity index (χ1n) is 20.6. The molecule has 0 bridgehead atoms. The SMILES string of the molecule is CC1(C)c2ccccc2-c2ccc(N(c3ccc(C#N)cc3)c3ccc(-c4ccc(-c5c6ccccc6c(-c6cccc7ccccc67)c6ccccc56)cc4)cc3)cc21. The fourth-order valence-electron chi connectivity index (χ4n) is 9.77. The molecule has 60 heavy (non-hydrogen) atoms. The largest absolute Gasteiger partial charge is 0.310 e. The van der Waals surface area contributed by atoms with Gasteiger partial charge in [-0.15, -0.1) is 0 Å². The normalized spacial score (nSPS) is 12.6. The molecule has 1 aliphatic rings. The highest BCUT2D eigenvalue weighted by Crippen LogP contribution is 2.51. The lowest BCUT2D eigenvalue weighted by molar-refractivity contribution is 0.660. The first-order valence-corrected chi connectivity index (χ1v) is 20.6. The van der Waals surface area contributed by atoms with E-state index >= 15 is 0 Å². The number of benzene rings is 10. The van der Waals surface area contributed by atoms with Gasteiger partial charge in [-0.3, -0.25) is 0 Å². The Kier molecular flexibility index (Phi) is 8.26. The Labute approximate surface area is 350 Å². The molecule has 1 aliphatic carbocycles. The second-order valence-corrected chi connectivity index (χ2v) is 16.4. The maximum Gasteiger partial charge on any atom is 0.0991 e. The predicted molar refractivity (Wildman–Crippen MR) is 252 cm³/mol. The van der Waals surface area contributed by atoms with Crippen LogP contribution in [-0.2, 0) is 5.41 Å². The number of hydrogen-bond acceptors (Lipinski definition) is 2. The zero-order valence-corrected chi connectivity index (χ0v) is 33.5. The maximum absolute atomic E-state index is 9.59. The Hall–Kier alpha value is -7.73. The summed E-state index contributed by atoms with van der Waals surface area (Å²) in [6.45, 7) is 4.64. The third kappa shape index (κ3) is 5.63. The zero-order valence-electron chi connectivity index (χ0n) is 33.5. The fraction of sp³-hybridized carbons (Fsp3) is 0.0517. The molecule has 11 rings (SSSR count). The molecule has 0 saturated carbocycles. The summed E-state index contributed by atoms with van der Waals surface area (Å²) >= 11 is 0. The van der Waals surface area contributed by atoms with Crippen LogP contribution in [0.15, 0.2) is 206 Å². The van der Waals surface area contributed by atoms with Crippen molar-refractivity contribution in [3.05, 3.63) is 223 Å². The summed E-state index contributed by atoms with van der Waals surface area (Å²) < 4.78 is 0. The van der Waals surface area contributed by atoms with E-state index in [0.717, 1.165) is 28.2 Å². The highest BCUT2D eigenvalue weighted by atomic mass is 15.1. The predicted octanol–water partition coefficient (Wildman–Crippen LogP) is 15.8. The van der Waals surface area contributed by atoms with Gasteiger partial charge in [-0.1, -0.05) is 172 Å². The van der Waals surface area contributed by atoms with Crippen molar-refractivity contribution in [2.75, 3.05) is 4.90 Å². The number of nitriles is 1. The van der Waals surface area contributed by atoms with Gasteiger partial charge in [-0.05, 0) is 136 Å². The molecule has 0 unspecified atom stereocenters. The second kappa shape index (κ2) is 14.0. The molecular formula is C58H40N2. The highest BCUT2D eigenvalue weighted by Gasteiger charge is 2.35. The molecule has 0 heterocycles. The smallest absolute Gasteiger partial charge is 0.0991 e. The van der Waals surface area contributed by atoms with Crippen LogP contribution in [0.1, 0.15) is 30.5 Å². The van der Waals surface area contributed by atoms with E-state index in [9.17, 15) is 5.26 Å². The molecular weight excluding hydrogens is 725 g/mol. The van der Waals surface area contributed by atoms with Gasteiger partial charge >= 0.3 is 0 Å². The van der Waals surface area contributed by atoms with Gasteiger partial charge in [0.25, 0.3) is 0 Å². The molecule has 0 aromatic heterocycles. The maximum atomic E-state index is 9.59. The standard InChI is InChI=1S/C58H40N2/c1-58(2)54-21-10-9-15-47(54)48-35-34-45(36-55(48)58)60(43-30-22-38(37-59)23-31-43)44-32-28-40(29-33-44)39-24-26-42(27-25-39)56-50-16-5-7-18-52(50)57(53-19-8-6-17-51(53)56)49-20-11-13-41-12-3-4-14-46(41)49/h3-36H,1-2H3. The molecule has 10 aromatic carbocycles. The molecule has 0 fully saturated rings. The van der Waals surface area contributed by atoms with E-state index in [2.05, 4.69) is 207 Å². The summed E-state index contributed by atoms with van der Waals surface area (Å²) in [7, 11) is 0. The molecule has 0 spiro atoms. The summed E-state index contributed by atoms with van der Waals surface area (Å²) in [5.74, 6) is 0. The molecule has 0 aliphatic heterocycles. The second-order valence-electron chi connectivity index (χ2n) is 16.4. The zero-order chi connectivity index (χ0) is 40.4. The Balaban J connectivity index is 0.978. The summed E-state index contributed by atoms with van der Waals surface area (Å²) in [5.41, 5.74) is 16.2. The van der Waals surface area contributed by atoms with Crippen LogP contribution >= 0.6 is 0 Å². The van der Waals surface area contributed by atoms with Crippen molar-refractivity contribution < 1.29 is 0 Å². The van der Waals surface area contributed by atoms with Crippen molar-refractivity contribution in [3.63, 3.8) is 0 Å². The first-order chi connectivity index (χ1) is 29.5. The van der Waals surface area contributed by atoms with E-state index < -0.39 is 0 Å². The van der Waals surface area contributed by atoms with Crippen molar-refractivity contribution in [1.82, 2.24) is 0 Å². The molecule has 282 valence electrons. The molecule has 0 atom stereocenters. The van der Waals surface area contributed by atoms with Crippen LogP contribution in [0.2, 0.25) is 0 Å². The molecule has 0 radical (unpaired) electrons. The van der Waals surface area contributed by atoms with Crippen LogP contribution in [0.5, 0.6) is 0 Å². The highest BCUT2D eigenvalue weighted by molar-refractivity contribution is 6.23. The minimum atomic E-state index is -0.119. The topological polar surface area (TPSA) is 27.0 Å². The number of hydrogen-bond donors (Lipinski definition) is 0. The lowest BCUT2D eigenvalue weighted by Gasteiger charge is -2.28. The average Bonchev–Trinajstić information content (AvgIpc) is 3.54. The van der Waals surface area contributed by atoms with Crippen LogP contribution in [0, 0.1) is 11.3 Å². The van der Waals surface area contributed by atoms with Gasteiger partial charge in [-0.25, -0.2) is 0 Å². The third-order valence-corrected chi connectivity index (χ3v) is 12.7. The summed E-state index contributed by atoms with van der Waals surface area (Å²) in [4.78, 5) is 2.30. The van der Waals surface area contributed by atoms with E-state index in [0.29, 0.717) is 5.56 Å². The van der Waals surface area contributed by atoms with Crippen molar-refractivity contribution >= 4 is 49.4 Å². The lowest BCUT2D eigenvalue weighted by atomic mass is 9.82. The molecule has 10 aromatic rings. The molecule has 2 heteroatoms. The number of fused-ring (bicyclic) bond motifs is 6. The van der Waals surface area contributed by atoms with Crippen LogP contribution in [0.3, 0.4) is 0 Å². The van der Waals surface area contributed by atoms with E-state index in [1.54, 1.807) is 0 Å². The van der Waals surface area contributed by atoms with E-state index in [1.165, 1.54) is 76.8 Å². The number of nitrogens with zero attached hydrogens (tertiary/aromatic N) is 2. The van der Waals surface area contributed by atoms with Crippen molar-refractivity contribution in [3.8, 4) is 50.6 Å². The molecule has 0 saturated heterocycles. The van der Waals surface area contributed by atoms with Gasteiger partial charge in [0.15, 0.2) is 0 Å². The summed E-state index contributed by atoms with van der Waals surface area (Å²) in [5, 5.41) is 17.1. The van der Waals surface area contributed by atoms with Crippen LogP contribution in [0.25, 0.3) is 76.8 Å². The van der Waals surface area contributed by atoms with Gasteiger partial charge in [0.1, 0.15) is 0 Å². The van der Waals surface area contributed by atoms with Gasteiger partial charge in [-0.2, -0.15) is 5.26 Å². The first kappa shape index (κ1) is 35.4. The molecule has 2 nitrogen and oxygen atoms in total. The monoisotopic (exact) mass is 764 g/mol. The average molecular weight is 765 g/mol. The Morgan fingerprint density at radius 3 is 1.50 bits per heavy atom. The van der Waals surface area contributed by atoms with Crippen molar-refractivity contribution in [2.45, 2.75) is 19.3 Å². The van der Waals surface area contributed by atoms with Crippen molar-refractivity contribution in [1.29, 1.82) is 5.26 Å². The number of anilines is 3. The van der Waals surface area contributed by atoms with Crippen LogP contribution in [0.4, 0.5) is 17.1 Å². The molecule has 0 N–H and O–H groups in total. The van der Waals surface area contributed by atoms with E-state index in [-0.39, 0.29) is 5.41 Å². The van der Waals surface area contributed by atoms with Crippen molar-refractivity contribution in [2.24, 2.45) is 0 Å².